The molecule has 0 aliphatic carbocycles. The van der Waals surface area contributed by atoms with Crippen molar-refractivity contribution >= 4 is 49.1 Å². The van der Waals surface area contributed by atoms with Crippen molar-refractivity contribution < 1.29 is 9.84 Å². The number of phenols is 1. The van der Waals surface area contributed by atoms with Gasteiger partial charge < -0.3 is 15.2 Å². The lowest BCUT2D eigenvalue weighted by Gasteiger charge is -2.12. The smallest absolute Gasteiger partial charge is 0.143 e. The Labute approximate surface area is 139 Å². The third-order valence-electron chi connectivity index (χ3n) is 2.72. The number of hydrogen-bond donors (Lipinski definition) is 2. The number of anilines is 1. The Balaban J connectivity index is 2.18. The molecular formula is C14H12Br2ClNO2. The number of phenolic OH excluding ortho intramolecular Hbond substituents is 1. The van der Waals surface area contributed by atoms with Crippen molar-refractivity contribution in [1.29, 1.82) is 0 Å². The van der Waals surface area contributed by atoms with Gasteiger partial charge in [-0.15, -0.1) is 0 Å². The largest absolute Gasteiger partial charge is 0.506 e. The molecule has 0 aliphatic heterocycles. The van der Waals surface area contributed by atoms with Crippen LogP contribution < -0.4 is 10.1 Å². The standard InChI is InChI=1S/C14H12Br2ClNO2/c1-20-13-3-2-9(17)6-12(13)18-7-8-4-10(15)14(19)11(16)5-8/h2-6,18-19H,7H2,1H3. The van der Waals surface area contributed by atoms with Gasteiger partial charge in [0.1, 0.15) is 11.5 Å². The molecule has 3 nitrogen and oxygen atoms in total. The van der Waals surface area contributed by atoms with Gasteiger partial charge in [0, 0.05) is 11.6 Å². The van der Waals surface area contributed by atoms with Crippen molar-refractivity contribution in [3.05, 3.63) is 49.9 Å². The van der Waals surface area contributed by atoms with Crippen LogP contribution in [0.3, 0.4) is 0 Å². The molecule has 0 bridgehead atoms. The highest BCUT2D eigenvalue weighted by atomic mass is 79.9. The number of halogens is 3. The van der Waals surface area contributed by atoms with E-state index in [9.17, 15) is 5.11 Å². The number of benzene rings is 2. The van der Waals surface area contributed by atoms with Crippen LogP contribution in [-0.4, -0.2) is 12.2 Å². The summed E-state index contributed by atoms with van der Waals surface area (Å²) in [6.45, 7) is 0.578. The van der Waals surface area contributed by atoms with Crippen LogP contribution >= 0.6 is 43.5 Å². The Morgan fingerprint density at radius 1 is 1.20 bits per heavy atom. The van der Waals surface area contributed by atoms with Gasteiger partial charge in [0.15, 0.2) is 0 Å². The molecule has 0 aromatic heterocycles. The van der Waals surface area contributed by atoms with Crippen LogP contribution in [0, 0.1) is 0 Å². The van der Waals surface area contributed by atoms with E-state index in [0.29, 0.717) is 20.5 Å². The van der Waals surface area contributed by atoms with E-state index in [1.54, 1.807) is 13.2 Å². The van der Waals surface area contributed by atoms with Crippen molar-refractivity contribution in [3.8, 4) is 11.5 Å². The predicted octanol–water partition coefficient (Wildman–Crippen LogP) is 5.19. The maximum atomic E-state index is 9.68. The molecule has 0 heterocycles. The zero-order chi connectivity index (χ0) is 14.7. The van der Waals surface area contributed by atoms with Crippen LogP contribution in [0.4, 0.5) is 5.69 Å². The Bertz CT molecular complexity index is 612. The van der Waals surface area contributed by atoms with Crippen molar-refractivity contribution in [2.45, 2.75) is 6.54 Å². The van der Waals surface area contributed by atoms with Crippen LogP contribution in [-0.2, 0) is 6.54 Å². The molecule has 0 radical (unpaired) electrons. The lowest BCUT2D eigenvalue weighted by Crippen LogP contribution is -2.01. The van der Waals surface area contributed by atoms with Gasteiger partial charge in [-0.2, -0.15) is 0 Å². The van der Waals surface area contributed by atoms with E-state index in [0.717, 1.165) is 17.0 Å². The van der Waals surface area contributed by atoms with Crippen LogP contribution in [0.25, 0.3) is 0 Å². The maximum absolute atomic E-state index is 9.68. The van der Waals surface area contributed by atoms with E-state index in [-0.39, 0.29) is 5.75 Å². The van der Waals surface area contributed by atoms with E-state index in [4.69, 9.17) is 16.3 Å². The average Bonchev–Trinajstić information content (AvgIpc) is 2.42. The van der Waals surface area contributed by atoms with Gasteiger partial charge in [-0.05, 0) is 67.8 Å². The Morgan fingerprint density at radius 3 is 2.45 bits per heavy atom. The number of rotatable bonds is 4. The molecule has 0 amide bonds. The molecule has 0 saturated carbocycles. The van der Waals surface area contributed by atoms with E-state index >= 15 is 0 Å². The monoisotopic (exact) mass is 419 g/mol. The quantitative estimate of drug-likeness (QED) is 0.714. The molecule has 2 aromatic carbocycles. The van der Waals surface area contributed by atoms with Gasteiger partial charge in [0.25, 0.3) is 0 Å². The van der Waals surface area contributed by atoms with E-state index in [1.807, 2.05) is 24.3 Å². The van der Waals surface area contributed by atoms with Crippen LogP contribution in [0.1, 0.15) is 5.56 Å². The first-order valence-corrected chi connectivity index (χ1v) is 7.72. The van der Waals surface area contributed by atoms with Crippen LogP contribution in [0.15, 0.2) is 39.3 Å². The second-order valence-corrected chi connectivity index (χ2v) is 6.25. The maximum Gasteiger partial charge on any atom is 0.143 e. The zero-order valence-corrected chi connectivity index (χ0v) is 14.5. The summed E-state index contributed by atoms with van der Waals surface area (Å²) in [5, 5.41) is 13.6. The summed E-state index contributed by atoms with van der Waals surface area (Å²) in [6.07, 6.45) is 0. The minimum atomic E-state index is 0.189. The molecular weight excluding hydrogens is 409 g/mol. The second kappa shape index (κ2) is 6.70. The van der Waals surface area contributed by atoms with Gasteiger partial charge in [-0.25, -0.2) is 0 Å². The summed E-state index contributed by atoms with van der Waals surface area (Å²) in [5.41, 5.74) is 1.82. The van der Waals surface area contributed by atoms with Crippen molar-refractivity contribution in [1.82, 2.24) is 0 Å². The van der Waals surface area contributed by atoms with E-state index in [1.165, 1.54) is 0 Å². The van der Waals surface area contributed by atoms with Crippen LogP contribution in [0.2, 0.25) is 5.02 Å². The fraction of sp³-hybridized carbons (Fsp3) is 0.143. The highest BCUT2D eigenvalue weighted by Gasteiger charge is 2.07. The van der Waals surface area contributed by atoms with Gasteiger partial charge in [-0.1, -0.05) is 11.6 Å². The fourth-order valence-corrected chi connectivity index (χ4v) is 3.19. The predicted molar refractivity (Wildman–Crippen MR) is 88.8 cm³/mol. The lowest BCUT2D eigenvalue weighted by atomic mass is 10.2. The molecule has 0 saturated heterocycles. The Morgan fingerprint density at radius 2 is 1.85 bits per heavy atom. The molecule has 2 aromatic rings. The number of methoxy groups -OCH3 is 1. The Kier molecular flexibility index (Phi) is 5.18. The molecule has 0 atom stereocenters. The van der Waals surface area contributed by atoms with E-state index in [2.05, 4.69) is 37.2 Å². The van der Waals surface area contributed by atoms with Gasteiger partial charge in [-0.3, -0.25) is 0 Å². The fourth-order valence-electron chi connectivity index (χ4n) is 1.74. The molecule has 0 aliphatic rings. The number of ether oxygens (including phenoxy) is 1. The normalized spacial score (nSPS) is 10.4. The Hall–Kier alpha value is -0.910. The van der Waals surface area contributed by atoms with Crippen molar-refractivity contribution in [2.24, 2.45) is 0 Å². The SMILES string of the molecule is COc1ccc(Cl)cc1NCc1cc(Br)c(O)c(Br)c1. The van der Waals surface area contributed by atoms with Gasteiger partial charge in [0.05, 0.1) is 21.7 Å². The second-order valence-electron chi connectivity index (χ2n) is 4.11. The van der Waals surface area contributed by atoms with Gasteiger partial charge in [0.2, 0.25) is 0 Å². The summed E-state index contributed by atoms with van der Waals surface area (Å²) < 4.78 is 6.56. The highest BCUT2D eigenvalue weighted by molar-refractivity contribution is 9.11. The molecule has 2 N–H and O–H groups in total. The molecule has 2 rings (SSSR count). The molecule has 20 heavy (non-hydrogen) atoms. The summed E-state index contributed by atoms with van der Waals surface area (Å²) in [4.78, 5) is 0. The third-order valence-corrected chi connectivity index (χ3v) is 4.17. The van der Waals surface area contributed by atoms with Gasteiger partial charge >= 0.3 is 0 Å². The van der Waals surface area contributed by atoms with Crippen molar-refractivity contribution in [2.75, 3.05) is 12.4 Å². The summed E-state index contributed by atoms with van der Waals surface area (Å²) in [5.74, 6) is 0.917. The number of aromatic hydroxyl groups is 1. The first-order valence-electron chi connectivity index (χ1n) is 5.75. The number of hydrogen-bond acceptors (Lipinski definition) is 3. The minimum Gasteiger partial charge on any atom is -0.506 e. The first-order chi connectivity index (χ1) is 9.51. The molecule has 0 spiro atoms. The molecule has 0 unspecified atom stereocenters. The minimum absolute atomic E-state index is 0.189. The van der Waals surface area contributed by atoms with E-state index < -0.39 is 0 Å². The lowest BCUT2D eigenvalue weighted by molar-refractivity contribution is 0.416. The van der Waals surface area contributed by atoms with Crippen molar-refractivity contribution in [3.63, 3.8) is 0 Å². The topological polar surface area (TPSA) is 41.5 Å². The summed E-state index contributed by atoms with van der Waals surface area (Å²) >= 11 is 12.6. The average molecular weight is 422 g/mol. The molecule has 0 fully saturated rings. The number of nitrogens with one attached hydrogen (secondary N) is 1. The summed E-state index contributed by atoms with van der Waals surface area (Å²) in [7, 11) is 1.61. The zero-order valence-electron chi connectivity index (χ0n) is 10.6. The first kappa shape index (κ1) is 15.5. The third kappa shape index (κ3) is 3.59. The summed E-state index contributed by atoms with van der Waals surface area (Å²) in [6, 6.07) is 9.10. The molecule has 6 heteroatoms. The van der Waals surface area contributed by atoms with Crippen LogP contribution in [0.5, 0.6) is 11.5 Å². The molecule has 106 valence electrons. The highest BCUT2D eigenvalue weighted by Crippen LogP contribution is 2.34.